The van der Waals surface area contributed by atoms with Crippen LogP contribution in [0.2, 0.25) is 0 Å². The van der Waals surface area contributed by atoms with Crippen LogP contribution in [0.5, 0.6) is 0 Å². The summed E-state index contributed by atoms with van der Waals surface area (Å²) in [5, 5.41) is 8.86. The third-order valence-corrected chi connectivity index (χ3v) is 3.65. The van der Waals surface area contributed by atoms with Crippen molar-refractivity contribution in [2.45, 2.75) is 40.2 Å². The zero-order valence-electron chi connectivity index (χ0n) is 13.7. The van der Waals surface area contributed by atoms with E-state index >= 15 is 0 Å². The Balaban J connectivity index is 2.62. The van der Waals surface area contributed by atoms with E-state index in [-0.39, 0.29) is 18.6 Å². The fourth-order valence-corrected chi connectivity index (χ4v) is 2.60. The number of aliphatic carboxylic acids is 1. The molecule has 0 saturated carbocycles. The number of amides is 2. The number of carbonyl (C=O) groups is 2. The molecule has 0 bridgehead atoms. The molecular weight excluding hydrogens is 270 g/mol. The molecule has 0 aromatic heterocycles. The van der Waals surface area contributed by atoms with Crippen molar-refractivity contribution in [1.29, 1.82) is 0 Å². The SMILES string of the molecule is CC(C)CN(C(=O)N1CCCN(CC(=O)O)CC1)C(C)C. The van der Waals surface area contributed by atoms with Gasteiger partial charge in [-0.1, -0.05) is 13.8 Å². The summed E-state index contributed by atoms with van der Waals surface area (Å²) in [5.74, 6) is -0.370. The maximum Gasteiger partial charge on any atom is 0.320 e. The van der Waals surface area contributed by atoms with Crippen LogP contribution in [0, 0.1) is 5.92 Å². The second-order valence-corrected chi connectivity index (χ2v) is 6.43. The maximum atomic E-state index is 12.7. The molecule has 2 amide bonds. The lowest BCUT2D eigenvalue weighted by Gasteiger charge is -2.34. The number of rotatable bonds is 5. The van der Waals surface area contributed by atoms with Crippen molar-refractivity contribution in [3.05, 3.63) is 0 Å². The summed E-state index contributed by atoms with van der Waals surface area (Å²) in [4.78, 5) is 29.1. The highest BCUT2D eigenvalue weighted by Crippen LogP contribution is 2.11. The van der Waals surface area contributed by atoms with Crippen LogP contribution in [0.25, 0.3) is 0 Å². The fourth-order valence-electron chi connectivity index (χ4n) is 2.60. The van der Waals surface area contributed by atoms with E-state index in [1.807, 2.05) is 28.5 Å². The van der Waals surface area contributed by atoms with Crippen LogP contribution in [0.15, 0.2) is 0 Å². The Morgan fingerprint density at radius 1 is 1.10 bits per heavy atom. The van der Waals surface area contributed by atoms with Crippen molar-refractivity contribution < 1.29 is 14.7 Å². The molecule has 1 aliphatic heterocycles. The van der Waals surface area contributed by atoms with Crippen molar-refractivity contribution >= 4 is 12.0 Å². The smallest absolute Gasteiger partial charge is 0.320 e. The van der Waals surface area contributed by atoms with Gasteiger partial charge in [0.1, 0.15) is 0 Å². The lowest BCUT2D eigenvalue weighted by atomic mass is 10.2. The Bertz CT molecular complexity index is 358. The van der Waals surface area contributed by atoms with Gasteiger partial charge in [0.25, 0.3) is 0 Å². The Kier molecular flexibility index (Phi) is 6.95. The minimum absolute atomic E-state index is 0.0575. The van der Waals surface area contributed by atoms with Crippen LogP contribution >= 0.6 is 0 Å². The number of carboxylic acid groups (broad SMARTS) is 1. The molecule has 6 heteroatoms. The van der Waals surface area contributed by atoms with Gasteiger partial charge in [-0.2, -0.15) is 0 Å². The van der Waals surface area contributed by atoms with E-state index in [9.17, 15) is 9.59 Å². The first-order chi connectivity index (χ1) is 9.81. The first-order valence-electron chi connectivity index (χ1n) is 7.81. The molecule has 122 valence electrons. The average molecular weight is 299 g/mol. The Morgan fingerprint density at radius 2 is 1.76 bits per heavy atom. The van der Waals surface area contributed by atoms with E-state index in [1.165, 1.54) is 0 Å². The topological polar surface area (TPSA) is 64.1 Å². The third kappa shape index (κ3) is 5.91. The molecule has 0 unspecified atom stereocenters. The fraction of sp³-hybridized carbons (Fsp3) is 0.867. The average Bonchev–Trinajstić information content (AvgIpc) is 2.59. The molecule has 1 aliphatic rings. The van der Waals surface area contributed by atoms with Gasteiger partial charge in [-0.05, 0) is 26.2 Å². The normalized spacial score (nSPS) is 17.1. The lowest BCUT2D eigenvalue weighted by Crippen LogP contribution is -2.49. The third-order valence-electron chi connectivity index (χ3n) is 3.65. The van der Waals surface area contributed by atoms with Gasteiger partial charge >= 0.3 is 12.0 Å². The minimum atomic E-state index is -0.807. The van der Waals surface area contributed by atoms with E-state index in [0.717, 1.165) is 19.5 Å². The van der Waals surface area contributed by atoms with Gasteiger partial charge in [-0.25, -0.2) is 4.79 Å². The molecule has 0 aliphatic carbocycles. The molecule has 0 spiro atoms. The zero-order chi connectivity index (χ0) is 16.0. The number of nitrogens with zero attached hydrogens (tertiary/aromatic N) is 3. The van der Waals surface area contributed by atoms with Crippen molar-refractivity contribution in [2.24, 2.45) is 5.92 Å². The van der Waals surface area contributed by atoms with Gasteiger partial charge in [0.15, 0.2) is 0 Å². The summed E-state index contributed by atoms with van der Waals surface area (Å²) >= 11 is 0. The van der Waals surface area contributed by atoms with Gasteiger partial charge in [0.05, 0.1) is 6.54 Å². The summed E-state index contributed by atoms with van der Waals surface area (Å²) < 4.78 is 0. The predicted octanol–water partition coefficient (Wildman–Crippen LogP) is 1.57. The van der Waals surface area contributed by atoms with Gasteiger partial charge in [0, 0.05) is 38.8 Å². The summed E-state index contributed by atoms with van der Waals surface area (Å²) in [7, 11) is 0. The molecule has 0 aromatic carbocycles. The Labute approximate surface area is 127 Å². The minimum Gasteiger partial charge on any atom is -0.480 e. The Hall–Kier alpha value is -1.30. The molecule has 1 heterocycles. The molecule has 1 saturated heterocycles. The largest absolute Gasteiger partial charge is 0.480 e. The number of hydrogen-bond acceptors (Lipinski definition) is 3. The standard InChI is InChI=1S/C15H29N3O3/c1-12(2)10-18(13(3)4)15(21)17-7-5-6-16(8-9-17)11-14(19)20/h12-13H,5-11H2,1-4H3,(H,19,20). The van der Waals surface area contributed by atoms with Crippen LogP contribution in [0.4, 0.5) is 4.79 Å². The number of hydrogen-bond donors (Lipinski definition) is 1. The first-order valence-corrected chi connectivity index (χ1v) is 7.81. The first kappa shape index (κ1) is 17.8. The van der Waals surface area contributed by atoms with Crippen molar-refractivity contribution in [1.82, 2.24) is 14.7 Å². The number of urea groups is 1. The molecular formula is C15H29N3O3. The van der Waals surface area contributed by atoms with E-state index in [1.54, 1.807) is 0 Å². The summed E-state index contributed by atoms with van der Waals surface area (Å²) in [5.41, 5.74) is 0. The van der Waals surface area contributed by atoms with Crippen LogP contribution in [0.3, 0.4) is 0 Å². The molecule has 0 radical (unpaired) electrons. The van der Waals surface area contributed by atoms with Crippen molar-refractivity contribution in [2.75, 3.05) is 39.3 Å². The second-order valence-electron chi connectivity index (χ2n) is 6.43. The molecule has 1 fully saturated rings. The van der Waals surface area contributed by atoms with Crippen LogP contribution < -0.4 is 0 Å². The predicted molar refractivity (Wildman–Crippen MR) is 82.3 cm³/mol. The van der Waals surface area contributed by atoms with Crippen LogP contribution in [-0.4, -0.2) is 77.1 Å². The molecule has 0 atom stereocenters. The molecule has 0 aromatic rings. The van der Waals surface area contributed by atoms with Crippen LogP contribution in [0.1, 0.15) is 34.1 Å². The number of carbonyl (C=O) groups excluding carboxylic acids is 1. The monoisotopic (exact) mass is 299 g/mol. The molecule has 21 heavy (non-hydrogen) atoms. The van der Waals surface area contributed by atoms with E-state index < -0.39 is 5.97 Å². The van der Waals surface area contributed by atoms with Crippen LogP contribution in [-0.2, 0) is 4.79 Å². The highest BCUT2D eigenvalue weighted by atomic mass is 16.4. The maximum absolute atomic E-state index is 12.7. The molecule has 6 nitrogen and oxygen atoms in total. The van der Waals surface area contributed by atoms with E-state index in [0.29, 0.717) is 25.6 Å². The van der Waals surface area contributed by atoms with Gasteiger partial charge in [0.2, 0.25) is 0 Å². The zero-order valence-corrected chi connectivity index (χ0v) is 13.7. The molecule has 1 rings (SSSR count). The van der Waals surface area contributed by atoms with Gasteiger partial charge in [-0.3, -0.25) is 9.69 Å². The molecule has 1 N–H and O–H groups in total. The number of carboxylic acids is 1. The highest BCUT2D eigenvalue weighted by Gasteiger charge is 2.26. The summed E-state index contributed by atoms with van der Waals surface area (Å²) in [6.45, 7) is 11.8. The van der Waals surface area contributed by atoms with Gasteiger partial charge < -0.3 is 14.9 Å². The second kappa shape index (κ2) is 8.22. The quantitative estimate of drug-likeness (QED) is 0.837. The van der Waals surface area contributed by atoms with Crippen molar-refractivity contribution in [3.63, 3.8) is 0 Å². The Morgan fingerprint density at radius 3 is 2.29 bits per heavy atom. The van der Waals surface area contributed by atoms with E-state index in [4.69, 9.17) is 5.11 Å². The summed E-state index contributed by atoms with van der Waals surface area (Å²) in [6, 6.07) is 0.258. The lowest BCUT2D eigenvalue weighted by molar-refractivity contribution is -0.138. The highest BCUT2D eigenvalue weighted by molar-refractivity contribution is 5.75. The van der Waals surface area contributed by atoms with Crippen molar-refractivity contribution in [3.8, 4) is 0 Å². The summed E-state index contributed by atoms with van der Waals surface area (Å²) in [6.07, 6.45) is 0.826. The van der Waals surface area contributed by atoms with E-state index in [2.05, 4.69) is 13.8 Å². The van der Waals surface area contributed by atoms with Gasteiger partial charge in [-0.15, -0.1) is 0 Å².